The standard InChI is InChI=1S/C9H22N2O/c1-3-9(2,8-12)7-11-6-4-5-10/h11-12H,3-8,10H2,1-2H3. The fourth-order valence-corrected chi connectivity index (χ4v) is 0.910. The maximum atomic E-state index is 9.08. The highest BCUT2D eigenvalue weighted by Gasteiger charge is 2.19. The second-order valence-corrected chi connectivity index (χ2v) is 3.64. The van der Waals surface area contributed by atoms with Crippen LogP contribution in [0.25, 0.3) is 0 Å². The average Bonchev–Trinajstić information content (AvgIpc) is 2.12. The Balaban J connectivity index is 3.45. The molecule has 0 saturated carbocycles. The molecule has 0 aliphatic rings. The average molecular weight is 174 g/mol. The molecule has 1 unspecified atom stereocenters. The van der Waals surface area contributed by atoms with Crippen LogP contribution in [0.4, 0.5) is 0 Å². The molecule has 0 aromatic rings. The van der Waals surface area contributed by atoms with Gasteiger partial charge in [-0.05, 0) is 25.9 Å². The highest BCUT2D eigenvalue weighted by atomic mass is 16.3. The summed E-state index contributed by atoms with van der Waals surface area (Å²) in [5, 5.41) is 12.4. The van der Waals surface area contributed by atoms with Gasteiger partial charge in [-0.3, -0.25) is 0 Å². The number of aliphatic hydroxyl groups is 1. The van der Waals surface area contributed by atoms with Gasteiger partial charge < -0.3 is 16.2 Å². The second kappa shape index (κ2) is 6.40. The van der Waals surface area contributed by atoms with Crippen molar-refractivity contribution in [1.82, 2.24) is 5.32 Å². The predicted octanol–water partition coefficient (Wildman–Crippen LogP) is 0.333. The predicted molar refractivity (Wildman–Crippen MR) is 52.0 cm³/mol. The first kappa shape index (κ1) is 11.9. The fraction of sp³-hybridized carbons (Fsp3) is 1.00. The van der Waals surface area contributed by atoms with E-state index in [9.17, 15) is 0 Å². The van der Waals surface area contributed by atoms with Gasteiger partial charge in [0.1, 0.15) is 0 Å². The summed E-state index contributed by atoms with van der Waals surface area (Å²) in [4.78, 5) is 0. The van der Waals surface area contributed by atoms with Crippen molar-refractivity contribution >= 4 is 0 Å². The zero-order valence-electron chi connectivity index (χ0n) is 8.27. The van der Waals surface area contributed by atoms with Crippen molar-refractivity contribution in [2.45, 2.75) is 26.7 Å². The summed E-state index contributed by atoms with van der Waals surface area (Å²) in [5.74, 6) is 0. The van der Waals surface area contributed by atoms with E-state index in [-0.39, 0.29) is 12.0 Å². The van der Waals surface area contributed by atoms with Gasteiger partial charge in [-0.2, -0.15) is 0 Å². The van der Waals surface area contributed by atoms with Crippen LogP contribution in [-0.2, 0) is 0 Å². The van der Waals surface area contributed by atoms with Gasteiger partial charge in [0, 0.05) is 18.6 Å². The Morgan fingerprint density at radius 1 is 1.50 bits per heavy atom. The Morgan fingerprint density at radius 2 is 2.17 bits per heavy atom. The van der Waals surface area contributed by atoms with Gasteiger partial charge in [0.2, 0.25) is 0 Å². The van der Waals surface area contributed by atoms with Crippen LogP contribution in [0.1, 0.15) is 26.7 Å². The SMILES string of the molecule is CCC(C)(CO)CNCCCN. The van der Waals surface area contributed by atoms with Crippen LogP contribution in [0.15, 0.2) is 0 Å². The summed E-state index contributed by atoms with van der Waals surface area (Å²) >= 11 is 0. The quantitative estimate of drug-likeness (QED) is 0.488. The lowest BCUT2D eigenvalue weighted by molar-refractivity contribution is 0.135. The maximum Gasteiger partial charge on any atom is 0.0496 e. The highest BCUT2D eigenvalue weighted by molar-refractivity contribution is 4.73. The number of rotatable bonds is 7. The van der Waals surface area contributed by atoms with Crippen molar-refractivity contribution in [2.24, 2.45) is 11.1 Å². The van der Waals surface area contributed by atoms with E-state index in [0.29, 0.717) is 0 Å². The van der Waals surface area contributed by atoms with E-state index < -0.39 is 0 Å². The van der Waals surface area contributed by atoms with Gasteiger partial charge >= 0.3 is 0 Å². The second-order valence-electron chi connectivity index (χ2n) is 3.64. The van der Waals surface area contributed by atoms with Crippen molar-refractivity contribution in [1.29, 1.82) is 0 Å². The van der Waals surface area contributed by atoms with Crippen LogP contribution in [0, 0.1) is 5.41 Å². The van der Waals surface area contributed by atoms with Crippen LogP contribution in [-0.4, -0.2) is 31.3 Å². The first-order valence-electron chi connectivity index (χ1n) is 4.70. The summed E-state index contributed by atoms with van der Waals surface area (Å²) in [6, 6.07) is 0. The minimum Gasteiger partial charge on any atom is -0.396 e. The molecule has 0 rings (SSSR count). The van der Waals surface area contributed by atoms with Gasteiger partial charge in [-0.25, -0.2) is 0 Å². The molecule has 12 heavy (non-hydrogen) atoms. The van der Waals surface area contributed by atoms with E-state index in [1.165, 1.54) is 0 Å². The van der Waals surface area contributed by atoms with E-state index in [4.69, 9.17) is 10.8 Å². The van der Waals surface area contributed by atoms with Crippen molar-refractivity contribution in [3.05, 3.63) is 0 Å². The minimum absolute atomic E-state index is 0.0363. The Bertz CT molecular complexity index is 103. The molecule has 0 aromatic heterocycles. The molecule has 0 aliphatic carbocycles. The van der Waals surface area contributed by atoms with E-state index in [1.807, 2.05) is 0 Å². The van der Waals surface area contributed by atoms with Crippen molar-refractivity contribution in [3.63, 3.8) is 0 Å². The number of nitrogens with two attached hydrogens (primary N) is 1. The highest BCUT2D eigenvalue weighted by Crippen LogP contribution is 2.17. The number of nitrogens with one attached hydrogen (secondary N) is 1. The zero-order chi connectivity index (χ0) is 9.45. The lowest BCUT2D eigenvalue weighted by atomic mass is 9.89. The number of hydrogen-bond acceptors (Lipinski definition) is 3. The monoisotopic (exact) mass is 174 g/mol. The van der Waals surface area contributed by atoms with Gasteiger partial charge in [0.15, 0.2) is 0 Å². The summed E-state index contributed by atoms with van der Waals surface area (Å²) in [7, 11) is 0. The Morgan fingerprint density at radius 3 is 2.58 bits per heavy atom. The summed E-state index contributed by atoms with van der Waals surface area (Å²) < 4.78 is 0. The topological polar surface area (TPSA) is 58.3 Å². The van der Waals surface area contributed by atoms with Crippen LogP contribution < -0.4 is 11.1 Å². The molecule has 0 aliphatic heterocycles. The van der Waals surface area contributed by atoms with E-state index in [2.05, 4.69) is 19.2 Å². The molecule has 0 bridgehead atoms. The zero-order valence-corrected chi connectivity index (χ0v) is 8.27. The van der Waals surface area contributed by atoms with Crippen LogP contribution in [0.5, 0.6) is 0 Å². The smallest absolute Gasteiger partial charge is 0.0496 e. The Hall–Kier alpha value is -0.120. The first-order valence-corrected chi connectivity index (χ1v) is 4.70. The molecule has 0 aromatic carbocycles. The van der Waals surface area contributed by atoms with Gasteiger partial charge in [-0.1, -0.05) is 13.8 Å². The molecule has 3 nitrogen and oxygen atoms in total. The normalized spacial score (nSPS) is 16.0. The summed E-state index contributed by atoms with van der Waals surface area (Å²) in [5.41, 5.74) is 5.39. The largest absolute Gasteiger partial charge is 0.396 e. The Labute approximate surface area is 75.3 Å². The molecule has 0 fully saturated rings. The van der Waals surface area contributed by atoms with Crippen molar-refractivity contribution in [2.75, 3.05) is 26.2 Å². The molecular formula is C9H22N2O. The molecule has 0 heterocycles. The third kappa shape index (κ3) is 4.70. The molecule has 0 saturated heterocycles. The van der Waals surface area contributed by atoms with Gasteiger partial charge in [0.05, 0.1) is 0 Å². The van der Waals surface area contributed by atoms with E-state index in [1.54, 1.807) is 0 Å². The van der Waals surface area contributed by atoms with E-state index >= 15 is 0 Å². The molecule has 74 valence electrons. The molecule has 1 atom stereocenters. The van der Waals surface area contributed by atoms with Crippen LogP contribution >= 0.6 is 0 Å². The first-order chi connectivity index (χ1) is 5.68. The van der Waals surface area contributed by atoms with E-state index in [0.717, 1.165) is 32.5 Å². The van der Waals surface area contributed by atoms with Crippen molar-refractivity contribution in [3.8, 4) is 0 Å². The lowest BCUT2D eigenvalue weighted by Gasteiger charge is -2.25. The molecule has 0 spiro atoms. The lowest BCUT2D eigenvalue weighted by Crippen LogP contribution is -2.35. The number of hydrogen-bond donors (Lipinski definition) is 3. The van der Waals surface area contributed by atoms with Gasteiger partial charge in [0.25, 0.3) is 0 Å². The summed E-state index contributed by atoms with van der Waals surface area (Å²) in [6.45, 7) is 6.99. The van der Waals surface area contributed by atoms with Gasteiger partial charge in [-0.15, -0.1) is 0 Å². The third-order valence-electron chi connectivity index (χ3n) is 2.34. The fourth-order valence-electron chi connectivity index (χ4n) is 0.910. The van der Waals surface area contributed by atoms with Crippen LogP contribution in [0.2, 0.25) is 0 Å². The number of aliphatic hydroxyl groups excluding tert-OH is 1. The maximum absolute atomic E-state index is 9.08. The molecule has 0 amide bonds. The molecular weight excluding hydrogens is 152 g/mol. The molecule has 0 radical (unpaired) electrons. The van der Waals surface area contributed by atoms with Crippen molar-refractivity contribution < 1.29 is 5.11 Å². The van der Waals surface area contributed by atoms with Crippen LogP contribution in [0.3, 0.4) is 0 Å². The molecule has 4 N–H and O–H groups in total. The third-order valence-corrected chi connectivity index (χ3v) is 2.34. The molecule has 3 heteroatoms. The summed E-state index contributed by atoms with van der Waals surface area (Å²) in [6.07, 6.45) is 2.00. The Kier molecular flexibility index (Phi) is 6.34. The minimum atomic E-state index is 0.0363.